The van der Waals surface area contributed by atoms with Crippen LogP contribution in [0, 0.1) is 5.82 Å². The Balaban J connectivity index is 1.53. The number of thiazole rings is 1. The van der Waals surface area contributed by atoms with E-state index >= 15 is 0 Å². The number of aliphatic imine (C=N–C) groups is 1. The molecular formula is C21H29FN4O2S. The van der Waals surface area contributed by atoms with Gasteiger partial charge in [-0.25, -0.2) is 9.37 Å². The van der Waals surface area contributed by atoms with Crippen LogP contribution >= 0.6 is 11.3 Å². The van der Waals surface area contributed by atoms with E-state index in [0.717, 1.165) is 30.4 Å². The zero-order chi connectivity index (χ0) is 20.6. The minimum Gasteiger partial charge on any atom is -0.491 e. The predicted octanol–water partition coefficient (Wildman–Crippen LogP) is 3.00. The van der Waals surface area contributed by atoms with Crippen LogP contribution in [0.15, 0.2) is 29.3 Å². The lowest BCUT2D eigenvalue weighted by atomic mass is 10.0. The summed E-state index contributed by atoms with van der Waals surface area (Å²) >= 11 is 1.80. The topological polar surface area (TPSA) is 70.0 Å². The van der Waals surface area contributed by atoms with Gasteiger partial charge in [-0.3, -0.25) is 4.99 Å². The van der Waals surface area contributed by atoms with Gasteiger partial charge in [0.05, 0.1) is 18.8 Å². The maximum Gasteiger partial charge on any atom is 0.194 e. The SMILES string of the molecule is CCNC(=NCC(O)COc1ccc(F)cc1)N(C)Cc1nc2c(s1)CCCC2. The molecule has 29 heavy (non-hydrogen) atoms. The normalized spacial score (nSPS) is 15.0. The molecule has 1 aromatic heterocycles. The molecule has 8 heteroatoms. The number of nitrogens with zero attached hydrogens (tertiary/aromatic N) is 3. The molecule has 1 atom stereocenters. The number of fused-ring (bicyclic) bond motifs is 1. The Morgan fingerprint density at radius 1 is 1.34 bits per heavy atom. The lowest BCUT2D eigenvalue weighted by Gasteiger charge is -2.21. The van der Waals surface area contributed by atoms with Crippen molar-refractivity contribution in [2.75, 3.05) is 26.7 Å². The first kappa shape index (κ1) is 21.5. The number of halogens is 1. The summed E-state index contributed by atoms with van der Waals surface area (Å²) in [5, 5.41) is 14.6. The lowest BCUT2D eigenvalue weighted by Crippen LogP contribution is -2.39. The number of nitrogens with one attached hydrogen (secondary N) is 1. The first-order valence-corrected chi connectivity index (χ1v) is 10.9. The molecule has 2 N–H and O–H groups in total. The van der Waals surface area contributed by atoms with Gasteiger partial charge in [0.2, 0.25) is 0 Å². The van der Waals surface area contributed by atoms with Crippen LogP contribution < -0.4 is 10.1 Å². The van der Waals surface area contributed by atoms with Gasteiger partial charge >= 0.3 is 0 Å². The van der Waals surface area contributed by atoms with E-state index in [0.29, 0.717) is 12.3 Å². The van der Waals surface area contributed by atoms with Crippen LogP contribution in [0.1, 0.15) is 35.3 Å². The Hall–Kier alpha value is -2.19. The van der Waals surface area contributed by atoms with E-state index < -0.39 is 6.10 Å². The highest BCUT2D eigenvalue weighted by Gasteiger charge is 2.17. The fourth-order valence-corrected chi connectivity index (χ4v) is 4.40. The van der Waals surface area contributed by atoms with Crippen molar-refractivity contribution in [3.05, 3.63) is 45.7 Å². The molecule has 6 nitrogen and oxygen atoms in total. The summed E-state index contributed by atoms with van der Waals surface area (Å²) in [6.45, 7) is 3.74. The van der Waals surface area contributed by atoms with Gasteiger partial charge in [-0.1, -0.05) is 0 Å². The second-order valence-corrected chi connectivity index (χ2v) is 8.32. The molecule has 0 saturated carbocycles. The molecule has 1 unspecified atom stereocenters. The highest BCUT2D eigenvalue weighted by molar-refractivity contribution is 7.11. The van der Waals surface area contributed by atoms with Crippen molar-refractivity contribution in [1.29, 1.82) is 0 Å². The Morgan fingerprint density at radius 2 is 2.10 bits per heavy atom. The minimum atomic E-state index is -0.755. The summed E-state index contributed by atoms with van der Waals surface area (Å²) in [5.74, 6) is 0.926. The molecule has 0 amide bonds. The number of rotatable bonds is 8. The maximum absolute atomic E-state index is 12.9. The highest BCUT2D eigenvalue weighted by atomic mass is 32.1. The first-order valence-electron chi connectivity index (χ1n) is 10.1. The van der Waals surface area contributed by atoms with E-state index in [4.69, 9.17) is 9.72 Å². The van der Waals surface area contributed by atoms with Crippen molar-refractivity contribution >= 4 is 17.3 Å². The summed E-state index contributed by atoms with van der Waals surface area (Å²) in [5.41, 5.74) is 1.26. The highest BCUT2D eigenvalue weighted by Crippen LogP contribution is 2.27. The van der Waals surface area contributed by atoms with Gasteiger partial charge in [-0.05, 0) is 56.9 Å². The van der Waals surface area contributed by atoms with Gasteiger partial charge in [-0.2, -0.15) is 0 Å². The zero-order valence-corrected chi connectivity index (χ0v) is 17.8. The first-order chi connectivity index (χ1) is 14.0. The molecule has 158 valence electrons. The molecule has 0 radical (unpaired) electrons. The van der Waals surface area contributed by atoms with Crippen molar-refractivity contribution in [1.82, 2.24) is 15.2 Å². The monoisotopic (exact) mass is 420 g/mol. The van der Waals surface area contributed by atoms with Crippen molar-refractivity contribution in [3.8, 4) is 5.75 Å². The second-order valence-electron chi connectivity index (χ2n) is 7.15. The lowest BCUT2D eigenvalue weighted by molar-refractivity contribution is 0.114. The molecule has 0 saturated heterocycles. The van der Waals surface area contributed by atoms with Gasteiger partial charge in [0.1, 0.15) is 29.3 Å². The Bertz CT molecular complexity index is 786. The zero-order valence-electron chi connectivity index (χ0n) is 17.0. The van der Waals surface area contributed by atoms with Gasteiger partial charge in [0.25, 0.3) is 0 Å². The van der Waals surface area contributed by atoms with Crippen LogP contribution in [0.25, 0.3) is 0 Å². The van der Waals surface area contributed by atoms with E-state index in [1.165, 1.54) is 47.7 Å². The number of hydrogen-bond donors (Lipinski definition) is 2. The minimum absolute atomic E-state index is 0.0947. The fourth-order valence-electron chi connectivity index (χ4n) is 3.19. The largest absolute Gasteiger partial charge is 0.491 e. The van der Waals surface area contributed by atoms with Crippen LogP contribution in [-0.2, 0) is 19.4 Å². The van der Waals surface area contributed by atoms with Crippen LogP contribution in [-0.4, -0.2) is 53.8 Å². The van der Waals surface area contributed by atoms with Gasteiger partial charge in [0.15, 0.2) is 5.96 Å². The number of aryl methyl sites for hydroxylation is 2. The standard InChI is InChI=1S/C21H29FN4O2S/c1-3-23-21(24-12-16(27)14-28-17-10-8-15(22)9-11-17)26(2)13-20-25-18-6-4-5-7-19(18)29-20/h8-11,16,27H,3-7,12-14H2,1-2H3,(H,23,24). The number of aliphatic hydroxyl groups excluding tert-OH is 1. The summed E-state index contributed by atoms with van der Waals surface area (Å²) in [6.07, 6.45) is 3.96. The molecule has 1 aliphatic carbocycles. The van der Waals surface area contributed by atoms with Crippen LogP contribution in [0.5, 0.6) is 5.75 Å². The average molecular weight is 421 g/mol. The maximum atomic E-state index is 12.9. The third-order valence-corrected chi connectivity index (χ3v) is 5.81. The molecule has 0 spiro atoms. The van der Waals surface area contributed by atoms with E-state index in [-0.39, 0.29) is 19.0 Å². The molecule has 1 aliphatic rings. The Labute approximate surface area is 175 Å². The fraction of sp³-hybridized carbons (Fsp3) is 0.524. The molecule has 1 heterocycles. The van der Waals surface area contributed by atoms with Crippen molar-refractivity contribution < 1.29 is 14.2 Å². The molecule has 0 aliphatic heterocycles. The van der Waals surface area contributed by atoms with Crippen LogP contribution in [0.3, 0.4) is 0 Å². The summed E-state index contributed by atoms with van der Waals surface area (Å²) < 4.78 is 18.4. The van der Waals surface area contributed by atoms with Gasteiger partial charge < -0.3 is 20.1 Å². The van der Waals surface area contributed by atoms with Crippen molar-refractivity contribution in [3.63, 3.8) is 0 Å². The molecule has 2 aromatic rings. The molecule has 0 bridgehead atoms. The summed E-state index contributed by atoms with van der Waals surface area (Å²) in [4.78, 5) is 12.8. The van der Waals surface area contributed by atoms with E-state index in [2.05, 4.69) is 10.3 Å². The third kappa shape index (κ3) is 6.40. The van der Waals surface area contributed by atoms with Crippen LogP contribution in [0.4, 0.5) is 4.39 Å². The van der Waals surface area contributed by atoms with E-state index in [1.807, 2.05) is 18.9 Å². The van der Waals surface area contributed by atoms with Gasteiger partial charge in [-0.15, -0.1) is 11.3 Å². The van der Waals surface area contributed by atoms with E-state index in [9.17, 15) is 9.50 Å². The number of hydrogen-bond acceptors (Lipinski definition) is 5. The quantitative estimate of drug-likeness (QED) is 0.508. The van der Waals surface area contributed by atoms with Crippen LogP contribution in [0.2, 0.25) is 0 Å². The summed E-state index contributed by atoms with van der Waals surface area (Å²) in [6, 6.07) is 5.73. The number of benzene rings is 1. The number of ether oxygens (including phenoxy) is 1. The average Bonchev–Trinajstić information content (AvgIpc) is 3.12. The van der Waals surface area contributed by atoms with E-state index in [1.54, 1.807) is 11.3 Å². The van der Waals surface area contributed by atoms with Crippen molar-refractivity contribution in [2.45, 2.75) is 45.3 Å². The Kier molecular flexibility index (Phi) is 7.83. The molecule has 0 fully saturated rings. The Morgan fingerprint density at radius 3 is 2.83 bits per heavy atom. The smallest absolute Gasteiger partial charge is 0.194 e. The third-order valence-electron chi connectivity index (χ3n) is 4.67. The molecule has 1 aromatic carbocycles. The molecular weight excluding hydrogens is 391 g/mol. The number of aromatic nitrogens is 1. The second kappa shape index (κ2) is 10.5. The number of aliphatic hydroxyl groups is 1. The molecule has 3 rings (SSSR count). The predicted molar refractivity (Wildman–Crippen MR) is 114 cm³/mol. The van der Waals surface area contributed by atoms with Gasteiger partial charge in [0, 0.05) is 18.5 Å². The van der Waals surface area contributed by atoms with Crippen molar-refractivity contribution in [2.24, 2.45) is 4.99 Å². The number of guanidine groups is 1. The summed E-state index contributed by atoms with van der Waals surface area (Å²) in [7, 11) is 1.98.